The van der Waals surface area contributed by atoms with E-state index < -0.39 is 5.97 Å². The summed E-state index contributed by atoms with van der Waals surface area (Å²) in [7, 11) is 0. The summed E-state index contributed by atoms with van der Waals surface area (Å²) in [5.74, 6) is -1.18. The Kier molecular flexibility index (Phi) is 7.45. The van der Waals surface area contributed by atoms with Gasteiger partial charge in [0.2, 0.25) is 5.91 Å². The molecular weight excluding hydrogens is 306 g/mol. The van der Waals surface area contributed by atoms with Gasteiger partial charge in [0.25, 0.3) is 0 Å². The van der Waals surface area contributed by atoms with E-state index in [1.807, 2.05) is 42.5 Å². The van der Waals surface area contributed by atoms with Gasteiger partial charge in [-0.3, -0.25) is 14.5 Å². The Morgan fingerprint density at radius 2 is 1.92 bits per heavy atom. The van der Waals surface area contributed by atoms with E-state index in [0.717, 1.165) is 38.3 Å². The fourth-order valence-corrected chi connectivity index (χ4v) is 2.62. The van der Waals surface area contributed by atoms with Gasteiger partial charge in [-0.1, -0.05) is 42.5 Å². The summed E-state index contributed by atoms with van der Waals surface area (Å²) in [5, 5.41) is 14.9. The summed E-state index contributed by atoms with van der Waals surface area (Å²) >= 11 is 0. The molecule has 1 unspecified atom stereocenters. The molecule has 0 radical (unpaired) electrons. The predicted molar refractivity (Wildman–Crippen MR) is 93.6 cm³/mol. The molecule has 130 valence electrons. The third-order valence-corrected chi connectivity index (χ3v) is 3.90. The van der Waals surface area contributed by atoms with Gasteiger partial charge in [-0.05, 0) is 5.56 Å². The SMILES string of the molecule is O=C(O)CCC(=O)NC(/C=C/c1ccccc1)CN1CCNCC1. The van der Waals surface area contributed by atoms with Gasteiger partial charge in [0.15, 0.2) is 0 Å². The predicted octanol–water partition coefficient (Wildman–Crippen LogP) is 0.955. The molecule has 0 spiro atoms. The Hall–Kier alpha value is -2.18. The van der Waals surface area contributed by atoms with Crippen LogP contribution in [0.1, 0.15) is 18.4 Å². The molecule has 2 rings (SSSR count). The number of nitrogens with one attached hydrogen (secondary N) is 2. The van der Waals surface area contributed by atoms with Crippen LogP contribution < -0.4 is 10.6 Å². The van der Waals surface area contributed by atoms with Crippen LogP contribution in [0.25, 0.3) is 6.08 Å². The Morgan fingerprint density at radius 3 is 2.58 bits per heavy atom. The molecule has 1 aromatic rings. The molecule has 6 heteroatoms. The van der Waals surface area contributed by atoms with Crippen molar-refractivity contribution in [3.63, 3.8) is 0 Å². The highest BCUT2D eigenvalue weighted by atomic mass is 16.4. The molecule has 1 heterocycles. The lowest BCUT2D eigenvalue weighted by molar-refractivity contribution is -0.138. The first-order valence-electron chi connectivity index (χ1n) is 8.31. The summed E-state index contributed by atoms with van der Waals surface area (Å²) in [6.07, 6.45) is 3.83. The number of carbonyl (C=O) groups is 2. The van der Waals surface area contributed by atoms with Crippen LogP contribution >= 0.6 is 0 Å². The molecule has 1 saturated heterocycles. The molecular formula is C18H25N3O3. The monoisotopic (exact) mass is 331 g/mol. The third kappa shape index (κ3) is 6.93. The number of aliphatic carboxylic acids is 1. The van der Waals surface area contributed by atoms with Gasteiger partial charge in [0, 0.05) is 39.1 Å². The molecule has 1 atom stereocenters. The van der Waals surface area contributed by atoms with Crippen LogP contribution in [-0.2, 0) is 9.59 Å². The first-order valence-corrected chi connectivity index (χ1v) is 8.31. The Labute approximate surface area is 142 Å². The van der Waals surface area contributed by atoms with Crippen LogP contribution in [-0.4, -0.2) is 60.6 Å². The normalized spacial score (nSPS) is 16.8. The van der Waals surface area contributed by atoms with E-state index in [1.54, 1.807) is 0 Å². The van der Waals surface area contributed by atoms with E-state index in [-0.39, 0.29) is 24.8 Å². The quantitative estimate of drug-likeness (QED) is 0.661. The molecule has 0 aromatic heterocycles. The molecule has 0 aliphatic carbocycles. The third-order valence-electron chi connectivity index (χ3n) is 3.90. The molecule has 1 aliphatic rings. The molecule has 0 bridgehead atoms. The van der Waals surface area contributed by atoms with E-state index >= 15 is 0 Å². The maximum Gasteiger partial charge on any atom is 0.303 e. The fourth-order valence-electron chi connectivity index (χ4n) is 2.62. The largest absolute Gasteiger partial charge is 0.481 e. The van der Waals surface area contributed by atoms with E-state index in [9.17, 15) is 9.59 Å². The molecule has 1 aliphatic heterocycles. The topological polar surface area (TPSA) is 81.7 Å². The molecule has 3 N–H and O–H groups in total. The van der Waals surface area contributed by atoms with Crippen LogP contribution in [0, 0.1) is 0 Å². The molecule has 24 heavy (non-hydrogen) atoms. The van der Waals surface area contributed by atoms with Gasteiger partial charge in [-0.15, -0.1) is 0 Å². The van der Waals surface area contributed by atoms with Crippen molar-refractivity contribution in [2.45, 2.75) is 18.9 Å². The highest BCUT2D eigenvalue weighted by Crippen LogP contribution is 2.05. The highest BCUT2D eigenvalue weighted by Gasteiger charge is 2.16. The van der Waals surface area contributed by atoms with Crippen molar-refractivity contribution < 1.29 is 14.7 Å². The zero-order valence-electron chi connectivity index (χ0n) is 13.8. The van der Waals surface area contributed by atoms with E-state index in [1.165, 1.54) is 0 Å². The zero-order chi connectivity index (χ0) is 17.2. The number of benzene rings is 1. The second-order valence-corrected chi connectivity index (χ2v) is 5.89. The second-order valence-electron chi connectivity index (χ2n) is 5.89. The number of carboxylic acid groups (broad SMARTS) is 1. The Bertz CT molecular complexity index is 554. The van der Waals surface area contributed by atoms with Gasteiger partial charge in [-0.2, -0.15) is 0 Å². The standard InChI is InChI=1S/C18H25N3O3/c22-17(8-9-18(23)24)20-16(14-21-12-10-19-11-13-21)7-6-15-4-2-1-3-5-15/h1-7,16,19H,8-14H2,(H,20,22)(H,23,24)/b7-6+. The van der Waals surface area contributed by atoms with Crippen molar-refractivity contribution in [3.8, 4) is 0 Å². The molecule has 1 amide bonds. The number of carboxylic acids is 1. The van der Waals surface area contributed by atoms with E-state index in [4.69, 9.17) is 5.11 Å². The number of hydrogen-bond acceptors (Lipinski definition) is 4. The summed E-state index contributed by atoms with van der Waals surface area (Å²) < 4.78 is 0. The first-order chi connectivity index (χ1) is 11.6. The highest BCUT2D eigenvalue weighted by molar-refractivity contribution is 5.81. The lowest BCUT2D eigenvalue weighted by Crippen LogP contribution is -2.49. The zero-order valence-corrected chi connectivity index (χ0v) is 13.8. The van der Waals surface area contributed by atoms with Crippen LogP contribution in [0.3, 0.4) is 0 Å². The van der Waals surface area contributed by atoms with E-state index in [2.05, 4.69) is 15.5 Å². The maximum atomic E-state index is 12.0. The lowest BCUT2D eigenvalue weighted by atomic mass is 10.1. The lowest BCUT2D eigenvalue weighted by Gasteiger charge is -2.30. The van der Waals surface area contributed by atoms with Crippen molar-refractivity contribution in [3.05, 3.63) is 42.0 Å². The van der Waals surface area contributed by atoms with Crippen molar-refractivity contribution in [1.82, 2.24) is 15.5 Å². The number of hydrogen-bond donors (Lipinski definition) is 3. The summed E-state index contributed by atoms with van der Waals surface area (Å²) in [4.78, 5) is 24.9. The average Bonchev–Trinajstić information content (AvgIpc) is 2.60. The Balaban J connectivity index is 1.95. The maximum absolute atomic E-state index is 12.0. The smallest absolute Gasteiger partial charge is 0.303 e. The molecule has 6 nitrogen and oxygen atoms in total. The number of rotatable bonds is 8. The summed E-state index contributed by atoms with van der Waals surface area (Å²) in [5.41, 5.74) is 1.07. The molecule has 1 aromatic carbocycles. The minimum absolute atomic E-state index is 0.00651. The van der Waals surface area contributed by atoms with Crippen LogP contribution in [0.5, 0.6) is 0 Å². The van der Waals surface area contributed by atoms with Crippen molar-refractivity contribution in [2.75, 3.05) is 32.7 Å². The minimum Gasteiger partial charge on any atom is -0.481 e. The van der Waals surface area contributed by atoms with Gasteiger partial charge in [-0.25, -0.2) is 0 Å². The van der Waals surface area contributed by atoms with Crippen molar-refractivity contribution >= 4 is 18.0 Å². The first kappa shape index (κ1) is 18.2. The minimum atomic E-state index is -0.955. The summed E-state index contributed by atoms with van der Waals surface area (Å²) in [6.45, 7) is 4.51. The van der Waals surface area contributed by atoms with Gasteiger partial charge >= 0.3 is 5.97 Å². The molecule has 0 saturated carbocycles. The average molecular weight is 331 g/mol. The van der Waals surface area contributed by atoms with Crippen LogP contribution in [0.2, 0.25) is 0 Å². The number of piperazine rings is 1. The molecule has 1 fully saturated rings. The number of amides is 1. The van der Waals surface area contributed by atoms with Crippen molar-refractivity contribution in [1.29, 1.82) is 0 Å². The Morgan fingerprint density at radius 1 is 1.21 bits per heavy atom. The number of carbonyl (C=O) groups excluding carboxylic acids is 1. The van der Waals surface area contributed by atoms with Crippen molar-refractivity contribution in [2.24, 2.45) is 0 Å². The van der Waals surface area contributed by atoms with Crippen LogP contribution in [0.15, 0.2) is 36.4 Å². The second kappa shape index (κ2) is 9.85. The van der Waals surface area contributed by atoms with Gasteiger partial charge in [0.1, 0.15) is 0 Å². The van der Waals surface area contributed by atoms with Gasteiger partial charge < -0.3 is 15.7 Å². The van der Waals surface area contributed by atoms with Gasteiger partial charge in [0.05, 0.1) is 12.5 Å². The van der Waals surface area contributed by atoms with E-state index in [0.29, 0.717) is 0 Å². The fraction of sp³-hybridized carbons (Fsp3) is 0.444. The number of nitrogens with zero attached hydrogens (tertiary/aromatic N) is 1. The van der Waals surface area contributed by atoms with Crippen LogP contribution in [0.4, 0.5) is 0 Å². The summed E-state index contributed by atoms with van der Waals surface area (Å²) in [6, 6.07) is 9.77.